The molecule has 9 nitrogen and oxygen atoms in total. The first-order valence-corrected chi connectivity index (χ1v) is 12.8. The fraction of sp³-hybridized carbons (Fsp3) is 0.148. The Morgan fingerprint density at radius 1 is 1.16 bits per heavy atom. The summed E-state index contributed by atoms with van der Waals surface area (Å²) in [5.41, 5.74) is 0.674. The Morgan fingerprint density at radius 3 is 2.71 bits per heavy atom. The monoisotopic (exact) mass is 549 g/mol. The van der Waals surface area contributed by atoms with Crippen LogP contribution < -0.4 is 9.64 Å². The summed E-state index contributed by atoms with van der Waals surface area (Å²) in [4.78, 5) is 43.5. The number of aliphatic hydroxyl groups is 1. The van der Waals surface area contributed by atoms with E-state index in [2.05, 4.69) is 4.98 Å². The largest absolute Gasteiger partial charge is 0.507 e. The van der Waals surface area contributed by atoms with Crippen molar-refractivity contribution < 1.29 is 24.4 Å². The van der Waals surface area contributed by atoms with Gasteiger partial charge >= 0.3 is 5.91 Å². The SMILES string of the molecule is CCCOc1cccc(/C(O)=C2\C(=O)C(=O)N(c3nc4ccc(Cl)cc4s3)C2c2cccc([N+](=O)[O-])c2)c1. The number of carbonyl (C=O) groups is 2. The summed E-state index contributed by atoms with van der Waals surface area (Å²) in [5, 5.41) is 23.6. The Bertz CT molecular complexity index is 1630. The number of hydrogen-bond donors (Lipinski definition) is 1. The van der Waals surface area contributed by atoms with Crippen LogP contribution in [0.1, 0.15) is 30.5 Å². The molecule has 1 unspecified atom stereocenters. The van der Waals surface area contributed by atoms with Gasteiger partial charge in [-0.15, -0.1) is 0 Å². The van der Waals surface area contributed by atoms with Gasteiger partial charge in [-0.05, 0) is 42.3 Å². The predicted octanol–water partition coefficient (Wildman–Crippen LogP) is 6.27. The molecule has 5 rings (SSSR count). The number of aromatic nitrogens is 1. The van der Waals surface area contributed by atoms with Crippen molar-refractivity contribution in [3.63, 3.8) is 0 Å². The molecule has 4 aromatic rings. The second-order valence-corrected chi connectivity index (χ2v) is 9.95. The number of fused-ring (bicyclic) bond motifs is 1. The average Bonchev–Trinajstić information content (AvgIpc) is 3.44. The summed E-state index contributed by atoms with van der Waals surface area (Å²) >= 11 is 7.26. The minimum absolute atomic E-state index is 0.194. The van der Waals surface area contributed by atoms with Gasteiger partial charge in [0.2, 0.25) is 0 Å². The molecule has 0 saturated carbocycles. The highest BCUT2D eigenvalue weighted by molar-refractivity contribution is 7.22. The van der Waals surface area contributed by atoms with E-state index in [0.717, 1.165) is 17.8 Å². The molecule has 2 heterocycles. The van der Waals surface area contributed by atoms with Gasteiger partial charge in [0.15, 0.2) is 5.13 Å². The number of aliphatic hydroxyl groups excluding tert-OH is 1. The first kappa shape index (κ1) is 25.4. The average molecular weight is 550 g/mol. The van der Waals surface area contributed by atoms with Crippen LogP contribution in [0.25, 0.3) is 16.0 Å². The number of hydrogen-bond acceptors (Lipinski definition) is 8. The maximum Gasteiger partial charge on any atom is 0.301 e. The summed E-state index contributed by atoms with van der Waals surface area (Å²) in [6.07, 6.45) is 0.779. The van der Waals surface area contributed by atoms with Crippen LogP contribution in [0, 0.1) is 10.1 Å². The summed E-state index contributed by atoms with van der Waals surface area (Å²) in [6.45, 7) is 2.42. The molecule has 1 aliphatic heterocycles. The van der Waals surface area contributed by atoms with Crippen LogP contribution in [0.4, 0.5) is 10.8 Å². The number of carbonyl (C=O) groups excluding carboxylic acids is 2. The lowest BCUT2D eigenvalue weighted by molar-refractivity contribution is -0.384. The number of non-ortho nitro benzene ring substituents is 1. The lowest BCUT2D eigenvalue weighted by atomic mass is 9.95. The number of nitro benzene ring substituents is 1. The highest BCUT2D eigenvalue weighted by Gasteiger charge is 2.48. The fourth-order valence-electron chi connectivity index (χ4n) is 4.25. The molecule has 1 saturated heterocycles. The quantitative estimate of drug-likeness (QED) is 0.0946. The van der Waals surface area contributed by atoms with Crippen molar-refractivity contribution in [1.29, 1.82) is 0 Å². The maximum absolute atomic E-state index is 13.4. The lowest BCUT2D eigenvalue weighted by Gasteiger charge is -2.22. The van der Waals surface area contributed by atoms with E-state index in [0.29, 0.717) is 27.6 Å². The first-order chi connectivity index (χ1) is 18.3. The van der Waals surface area contributed by atoms with E-state index in [1.165, 1.54) is 23.1 Å². The zero-order chi connectivity index (χ0) is 27.0. The Hall–Kier alpha value is -4.28. The molecule has 0 spiro atoms. The number of thiazole rings is 1. The van der Waals surface area contributed by atoms with Gasteiger partial charge in [-0.3, -0.25) is 24.6 Å². The van der Waals surface area contributed by atoms with E-state index < -0.39 is 28.4 Å². The summed E-state index contributed by atoms with van der Waals surface area (Å²) < 4.78 is 6.34. The molecule has 0 bridgehead atoms. The van der Waals surface area contributed by atoms with Gasteiger partial charge in [0.25, 0.3) is 11.5 Å². The predicted molar refractivity (Wildman–Crippen MR) is 145 cm³/mol. The summed E-state index contributed by atoms with van der Waals surface area (Å²) in [5.74, 6) is -1.78. The number of halogens is 1. The molecule has 0 radical (unpaired) electrons. The number of nitro groups is 1. The standard InChI is InChI=1S/C27H20ClN3O6S/c1-2-11-37-19-8-4-6-16(13-19)24(32)22-23(15-5-3-7-18(12-15)31(35)36)30(26(34)25(22)33)27-29-20-10-9-17(28)14-21(20)38-27/h3-10,12-14,23,32H,2,11H2,1H3/b24-22+. The number of nitrogens with zero attached hydrogens (tertiary/aromatic N) is 3. The second kappa shape index (κ2) is 10.2. The Morgan fingerprint density at radius 2 is 1.95 bits per heavy atom. The lowest BCUT2D eigenvalue weighted by Crippen LogP contribution is -2.29. The molecule has 1 amide bonds. The molecule has 1 aliphatic rings. The molecule has 1 fully saturated rings. The number of ketones is 1. The number of benzene rings is 3. The minimum atomic E-state index is -1.16. The molecule has 192 valence electrons. The minimum Gasteiger partial charge on any atom is -0.507 e. The van der Waals surface area contributed by atoms with E-state index in [-0.39, 0.29) is 27.5 Å². The van der Waals surface area contributed by atoms with Crippen LogP contribution >= 0.6 is 22.9 Å². The number of ether oxygens (including phenoxy) is 1. The van der Waals surface area contributed by atoms with Crippen molar-refractivity contribution >= 4 is 61.4 Å². The zero-order valence-corrected chi connectivity index (χ0v) is 21.5. The van der Waals surface area contributed by atoms with Crippen LogP contribution in [-0.4, -0.2) is 33.3 Å². The van der Waals surface area contributed by atoms with Crippen molar-refractivity contribution in [2.75, 3.05) is 11.5 Å². The number of Topliss-reactive ketones (excluding diaryl/α,β-unsaturated/α-hetero) is 1. The van der Waals surface area contributed by atoms with Crippen molar-refractivity contribution in [3.8, 4) is 5.75 Å². The molecule has 1 atom stereocenters. The zero-order valence-electron chi connectivity index (χ0n) is 20.0. The molecule has 1 aromatic heterocycles. The van der Waals surface area contributed by atoms with E-state index in [4.69, 9.17) is 16.3 Å². The van der Waals surface area contributed by atoms with Crippen molar-refractivity contribution in [2.45, 2.75) is 19.4 Å². The third-order valence-corrected chi connectivity index (χ3v) is 7.22. The van der Waals surface area contributed by atoms with Crippen LogP contribution in [0.3, 0.4) is 0 Å². The van der Waals surface area contributed by atoms with Gasteiger partial charge in [0.1, 0.15) is 11.5 Å². The Labute approximate surface area is 225 Å². The van der Waals surface area contributed by atoms with Crippen molar-refractivity contribution in [2.24, 2.45) is 0 Å². The first-order valence-electron chi connectivity index (χ1n) is 11.6. The van der Waals surface area contributed by atoms with E-state index in [1.807, 2.05) is 6.92 Å². The number of amides is 1. The van der Waals surface area contributed by atoms with E-state index in [9.17, 15) is 24.8 Å². The normalized spacial score (nSPS) is 16.8. The highest BCUT2D eigenvalue weighted by atomic mass is 35.5. The highest BCUT2D eigenvalue weighted by Crippen LogP contribution is 2.45. The smallest absolute Gasteiger partial charge is 0.301 e. The summed E-state index contributed by atoms with van der Waals surface area (Å²) in [6, 6.07) is 16.0. The Kier molecular flexibility index (Phi) is 6.83. The second-order valence-electron chi connectivity index (χ2n) is 8.51. The van der Waals surface area contributed by atoms with Crippen molar-refractivity contribution in [1.82, 2.24) is 4.98 Å². The number of rotatable bonds is 7. The number of anilines is 1. The fourth-order valence-corrected chi connectivity index (χ4v) is 5.52. The topological polar surface area (TPSA) is 123 Å². The van der Waals surface area contributed by atoms with E-state index >= 15 is 0 Å². The van der Waals surface area contributed by atoms with Crippen LogP contribution in [0.5, 0.6) is 5.75 Å². The third-order valence-electron chi connectivity index (χ3n) is 5.97. The molecule has 3 aromatic carbocycles. The molecule has 11 heteroatoms. The molecular formula is C27H20ClN3O6S. The van der Waals surface area contributed by atoms with Gasteiger partial charge in [0, 0.05) is 22.7 Å². The maximum atomic E-state index is 13.4. The van der Waals surface area contributed by atoms with Crippen molar-refractivity contribution in [3.05, 3.63) is 98.6 Å². The molecule has 1 N–H and O–H groups in total. The Balaban J connectivity index is 1.71. The van der Waals surface area contributed by atoms with Gasteiger partial charge < -0.3 is 9.84 Å². The molecule has 0 aliphatic carbocycles. The third kappa shape index (κ3) is 4.59. The summed E-state index contributed by atoms with van der Waals surface area (Å²) in [7, 11) is 0. The molecular weight excluding hydrogens is 530 g/mol. The van der Waals surface area contributed by atoms with Crippen LogP contribution in [0.2, 0.25) is 5.02 Å². The molecule has 38 heavy (non-hydrogen) atoms. The van der Waals surface area contributed by atoms with Crippen LogP contribution in [-0.2, 0) is 9.59 Å². The van der Waals surface area contributed by atoms with E-state index in [1.54, 1.807) is 48.5 Å². The van der Waals surface area contributed by atoms with Gasteiger partial charge in [-0.2, -0.15) is 0 Å². The van der Waals surface area contributed by atoms with Gasteiger partial charge in [0.05, 0.1) is 33.4 Å². The van der Waals surface area contributed by atoms with Gasteiger partial charge in [-0.25, -0.2) is 4.98 Å². The van der Waals surface area contributed by atoms with Crippen LogP contribution in [0.15, 0.2) is 72.3 Å². The van der Waals surface area contributed by atoms with Gasteiger partial charge in [-0.1, -0.05) is 54.1 Å².